The minimum Gasteiger partial charge on any atom is -0.479 e. The molecule has 0 atom stereocenters. The molecule has 8 aromatic rings. The number of rotatable bonds is 21. The van der Waals surface area contributed by atoms with E-state index < -0.39 is 18.4 Å². The van der Waals surface area contributed by atoms with Crippen molar-refractivity contribution in [2.75, 3.05) is 24.9 Å². The summed E-state index contributed by atoms with van der Waals surface area (Å²) in [6, 6.07) is 3.92. The minimum atomic E-state index is -2.49. The molecule has 0 aliphatic rings. The van der Waals surface area contributed by atoms with Gasteiger partial charge in [-0.1, -0.05) is 27.7 Å². The standard InChI is InChI=1S/C19H23N9O.C14H18BrN7.C5H5N2O.3C4H9.Sn/c1-11(2)16-15-12(22-9-14-23-10-27(3)25-14)8-13(24-18(15)28(4)26-16)17-19(29-5)21-7-6-20-17;1-8(2)13-12-9(16-6-11-17-7-21(3)19-11)5-10(15)18-14(12)22(4)20-13;1-8-5-4-6-2-3-7-5;3*1-3-4-2;/h6-8,10-11H,9H2,1-5H3,(H,22,24);5,7-8H,6H2,1-4H3,(H,16,18);2-3H,1H3;3*1,3-4H2,2H3;. The fourth-order valence-electron chi connectivity index (χ4n) is 8.78. The number of aryl methyl sites for hydroxylation is 4. The Morgan fingerprint density at radius 2 is 1.04 bits per heavy atom. The Morgan fingerprint density at radius 3 is 1.50 bits per heavy atom. The molecule has 8 heterocycles. The number of nitrogens with zero attached hydrogens (tertiary/aromatic N) is 16. The zero-order chi connectivity index (χ0) is 52.0. The van der Waals surface area contributed by atoms with Crippen molar-refractivity contribution in [3.05, 3.63) is 77.2 Å². The van der Waals surface area contributed by atoms with Crippen LogP contribution in [0.3, 0.4) is 0 Å². The maximum absolute atomic E-state index is 5.57. The molecule has 0 aromatic carbocycles. The number of pyridine rings is 2. The summed E-state index contributed by atoms with van der Waals surface area (Å²) in [6.45, 7) is 16.4. The molecule has 0 aliphatic carbocycles. The molecule has 0 saturated carbocycles. The molecule has 20 nitrogen and oxygen atoms in total. The van der Waals surface area contributed by atoms with E-state index in [9.17, 15) is 0 Å². The van der Waals surface area contributed by atoms with Gasteiger partial charge in [0.25, 0.3) is 0 Å². The van der Waals surface area contributed by atoms with E-state index in [-0.39, 0.29) is 5.92 Å². The van der Waals surface area contributed by atoms with Crippen molar-refractivity contribution in [1.82, 2.24) is 79.0 Å². The first-order valence-electron chi connectivity index (χ1n) is 25.0. The van der Waals surface area contributed by atoms with Gasteiger partial charge in [-0.3, -0.25) is 18.7 Å². The molecule has 22 heteroatoms. The Morgan fingerprint density at radius 1 is 0.583 bits per heavy atom. The summed E-state index contributed by atoms with van der Waals surface area (Å²) in [4.78, 5) is 35.8. The zero-order valence-electron chi connectivity index (χ0n) is 44.4. The van der Waals surface area contributed by atoms with Crippen LogP contribution in [0.5, 0.6) is 11.8 Å². The van der Waals surface area contributed by atoms with E-state index >= 15 is 0 Å². The number of aromatic nitrogens is 16. The number of anilines is 2. The molecule has 0 radical (unpaired) electrons. The van der Waals surface area contributed by atoms with Crippen molar-refractivity contribution >= 4 is 71.5 Å². The van der Waals surface area contributed by atoms with Crippen LogP contribution in [-0.2, 0) is 41.3 Å². The van der Waals surface area contributed by atoms with E-state index in [0.717, 1.165) is 61.1 Å². The molecule has 2 N–H and O–H groups in total. The van der Waals surface area contributed by atoms with Gasteiger partial charge < -0.3 is 15.4 Å². The van der Waals surface area contributed by atoms with Crippen molar-refractivity contribution in [2.45, 2.75) is 125 Å². The van der Waals surface area contributed by atoms with Crippen molar-refractivity contribution in [1.29, 1.82) is 0 Å². The Balaban J connectivity index is 0.000000180. The third kappa shape index (κ3) is 13.6. The third-order valence-electron chi connectivity index (χ3n) is 12.4. The quantitative estimate of drug-likeness (QED) is 0.0506. The van der Waals surface area contributed by atoms with E-state index in [2.05, 4.69) is 120 Å². The Labute approximate surface area is 436 Å². The smallest absolute Gasteiger partial charge is 0.241 e. The monoisotopic (exact) mass is 1160 g/mol. The Bertz CT molecular complexity index is 2960. The van der Waals surface area contributed by atoms with Crippen LogP contribution >= 0.6 is 15.9 Å². The van der Waals surface area contributed by atoms with Gasteiger partial charge in [0, 0.05) is 46.3 Å². The molecule has 8 aromatic heterocycles. The molecule has 0 bridgehead atoms. The summed E-state index contributed by atoms with van der Waals surface area (Å²) in [7, 11) is 10.8. The van der Waals surface area contributed by atoms with Crippen LogP contribution in [0.4, 0.5) is 11.4 Å². The number of hydrogen-bond donors (Lipinski definition) is 2. The molecule has 0 unspecified atom stereocenters. The molecule has 0 saturated heterocycles. The van der Waals surface area contributed by atoms with E-state index in [0.29, 0.717) is 42.1 Å². The van der Waals surface area contributed by atoms with Crippen LogP contribution in [0.15, 0.2) is 54.2 Å². The second kappa shape index (κ2) is 26.2. The molecular weight excluding hydrogens is 1080 g/mol. The van der Waals surface area contributed by atoms with Crippen LogP contribution in [0.1, 0.15) is 122 Å². The SMILES string of the molecule is CC(C)c1nn(C)c2nc(Br)cc(NCc3ncn(C)n3)c12.CCC[CH2][Sn]([CH2]CCC)([CH2]CCC)[c]1nccnc1OC.COc1nccnc1-c1cc(NCc2ncn(C)n2)c2c(C(C)C)nn(C)c2n1. The fourth-order valence-corrected chi connectivity index (χ4v) is 24.9. The van der Waals surface area contributed by atoms with Gasteiger partial charge in [-0.15, -0.1) is 0 Å². The predicted molar refractivity (Wildman–Crippen MR) is 290 cm³/mol. The van der Waals surface area contributed by atoms with Gasteiger partial charge in [-0.2, -0.15) is 20.4 Å². The zero-order valence-corrected chi connectivity index (χ0v) is 48.8. The first kappa shape index (κ1) is 55.5. The fraction of sp³-hybridized carbons (Fsp3) is 0.520. The maximum Gasteiger partial charge on any atom is 0.241 e. The largest absolute Gasteiger partial charge is 0.479 e. The second-order valence-electron chi connectivity index (χ2n) is 18.6. The molecule has 0 fully saturated rings. The van der Waals surface area contributed by atoms with Gasteiger partial charge in [0.05, 0.1) is 53.7 Å². The van der Waals surface area contributed by atoms with Gasteiger partial charge in [-0.05, 0) is 39.9 Å². The number of fused-ring (bicyclic) bond motifs is 2. The summed E-state index contributed by atoms with van der Waals surface area (Å²) >= 11 is 0.977. The first-order chi connectivity index (χ1) is 34.7. The predicted octanol–water partition coefficient (Wildman–Crippen LogP) is 9.43. The van der Waals surface area contributed by atoms with Crippen molar-refractivity contribution in [2.24, 2.45) is 28.2 Å². The minimum absolute atomic E-state index is 0.242. The first-order valence-corrected chi connectivity index (χ1v) is 33.2. The number of methoxy groups -OCH3 is 2. The number of hydrogen-bond acceptors (Lipinski definition) is 16. The topological polar surface area (TPSA) is 217 Å². The van der Waals surface area contributed by atoms with Crippen LogP contribution in [0.25, 0.3) is 33.5 Å². The summed E-state index contributed by atoms with van der Waals surface area (Å²) < 4.78 is 24.2. The van der Waals surface area contributed by atoms with Crippen LogP contribution in [0, 0.1) is 0 Å². The van der Waals surface area contributed by atoms with E-state index in [1.165, 1.54) is 55.5 Å². The van der Waals surface area contributed by atoms with Crippen LogP contribution < -0.4 is 23.8 Å². The summed E-state index contributed by atoms with van der Waals surface area (Å²) in [5.74, 6) is 3.25. The molecule has 72 heavy (non-hydrogen) atoms. The molecule has 0 spiro atoms. The third-order valence-corrected chi connectivity index (χ3v) is 27.8. The molecule has 0 aliphatic heterocycles. The van der Waals surface area contributed by atoms with Gasteiger partial charge in [0.2, 0.25) is 5.88 Å². The Kier molecular flexibility index (Phi) is 20.2. The Hall–Kier alpha value is -5.84. The number of unbranched alkanes of at least 4 members (excludes halogenated alkanes) is 3. The van der Waals surface area contributed by atoms with Gasteiger partial charge in [0.15, 0.2) is 28.6 Å². The number of halogens is 1. The summed E-state index contributed by atoms with van der Waals surface area (Å²) in [5.41, 5.74) is 6.73. The molecular formula is C50H73BrN18O2Sn. The van der Waals surface area contributed by atoms with Gasteiger partial charge in [0.1, 0.15) is 17.3 Å². The van der Waals surface area contributed by atoms with Crippen molar-refractivity contribution in [3.63, 3.8) is 0 Å². The van der Waals surface area contributed by atoms with E-state index in [1.807, 2.05) is 51.2 Å². The summed E-state index contributed by atoms with van der Waals surface area (Å²) in [5, 5.41) is 26.8. The van der Waals surface area contributed by atoms with E-state index in [1.54, 1.807) is 59.5 Å². The summed E-state index contributed by atoms with van der Waals surface area (Å²) in [6.07, 6.45) is 18.1. The maximum atomic E-state index is 5.57. The van der Waals surface area contributed by atoms with E-state index in [4.69, 9.17) is 24.5 Å². The molecule has 386 valence electrons. The normalized spacial score (nSPS) is 11.5. The van der Waals surface area contributed by atoms with Gasteiger partial charge >= 0.3 is 135 Å². The number of nitrogens with one attached hydrogen (secondary N) is 2. The van der Waals surface area contributed by atoms with Crippen LogP contribution in [0.2, 0.25) is 13.3 Å². The van der Waals surface area contributed by atoms with Crippen molar-refractivity contribution in [3.8, 4) is 23.1 Å². The molecule has 0 amide bonds. The van der Waals surface area contributed by atoms with Crippen molar-refractivity contribution < 1.29 is 9.47 Å². The second-order valence-corrected chi connectivity index (χ2v) is 32.3. The average molecular weight is 1160 g/mol. The van der Waals surface area contributed by atoms with Crippen LogP contribution in [-0.4, -0.2) is 112 Å². The molecule has 8 rings (SSSR count). The van der Waals surface area contributed by atoms with Gasteiger partial charge in [-0.25, -0.2) is 29.9 Å². The average Bonchev–Trinajstić information content (AvgIpc) is 4.17. The number of ether oxygens (including phenoxy) is 2.